The SMILES string of the molecule is CCOCCCNc1cc(C2CCOC2)nc(N)n1. The molecule has 0 saturated carbocycles. The lowest BCUT2D eigenvalue weighted by Gasteiger charge is -2.11. The number of hydrogen-bond acceptors (Lipinski definition) is 6. The van der Waals surface area contributed by atoms with Gasteiger partial charge in [-0.05, 0) is 19.8 Å². The summed E-state index contributed by atoms with van der Waals surface area (Å²) in [7, 11) is 0. The van der Waals surface area contributed by atoms with Crippen molar-refractivity contribution in [2.75, 3.05) is 44.0 Å². The summed E-state index contributed by atoms with van der Waals surface area (Å²) in [5.41, 5.74) is 6.72. The highest BCUT2D eigenvalue weighted by atomic mass is 16.5. The Hall–Kier alpha value is -1.40. The van der Waals surface area contributed by atoms with E-state index in [4.69, 9.17) is 15.2 Å². The van der Waals surface area contributed by atoms with Gasteiger partial charge in [-0.2, -0.15) is 4.98 Å². The zero-order valence-corrected chi connectivity index (χ0v) is 11.4. The van der Waals surface area contributed by atoms with E-state index >= 15 is 0 Å². The molecule has 1 aliphatic rings. The quantitative estimate of drug-likeness (QED) is 0.726. The van der Waals surface area contributed by atoms with Crippen LogP contribution >= 0.6 is 0 Å². The van der Waals surface area contributed by atoms with Crippen molar-refractivity contribution in [2.24, 2.45) is 0 Å². The molecule has 3 N–H and O–H groups in total. The van der Waals surface area contributed by atoms with Gasteiger partial charge < -0.3 is 20.5 Å². The predicted molar refractivity (Wildman–Crippen MR) is 74.2 cm³/mol. The van der Waals surface area contributed by atoms with Crippen LogP contribution in [-0.4, -0.2) is 42.9 Å². The van der Waals surface area contributed by atoms with E-state index in [1.165, 1.54) is 0 Å². The first-order chi connectivity index (χ1) is 9.29. The molecule has 2 heterocycles. The minimum absolute atomic E-state index is 0.316. The van der Waals surface area contributed by atoms with Gasteiger partial charge in [-0.15, -0.1) is 0 Å². The van der Waals surface area contributed by atoms with Crippen LogP contribution < -0.4 is 11.1 Å². The first-order valence-electron chi connectivity index (χ1n) is 6.83. The summed E-state index contributed by atoms with van der Waals surface area (Å²) in [5.74, 6) is 1.44. The largest absolute Gasteiger partial charge is 0.382 e. The third kappa shape index (κ3) is 4.33. The zero-order chi connectivity index (χ0) is 13.5. The van der Waals surface area contributed by atoms with Crippen LogP contribution in [-0.2, 0) is 9.47 Å². The number of ether oxygens (including phenoxy) is 2. The second-order valence-corrected chi connectivity index (χ2v) is 4.57. The van der Waals surface area contributed by atoms with E-state index in [1.54, 1.807) is 0 Å². The van der Waals surface area contributed by atoms with E-state index in [1.807, 2.05) is 13.0 Å². The number of nitrogens with one attached hydrogen (secondary N) is 1. The highest BCUT2D eigenvalue weighted by Gasteiger charge is 2.20. The number of nitrogens with two attached hydrogens (primary N) is 1. The first-order valence-corrected chi connectivity index (χ1v) is 6.83. The van der Waals surface area contributed by atoms with Gasteiger partial charge in [0.05, 0.1) is 12.3 Å². The topological polar surface area (TPSA) is 82.3 Å². The third-order valence-electron chi connectivity index (χ3n) is 3.09. The normalized spacial score (nSPS) is 18.7. The lowest BCUT2D eigenvalue weighted by atomic mass is 10.0. The molecular weight excluding hydrogens is 244 g/mol. The molecule has 19 heavy (non-hydrogen) atoms. The second-order valence-electron chi connectivity index (χ2n) is 4.57. The summed E-state index contributed by atoms with van der Waals surface area (Å²) in [4.78, 5) is 8.49. The molecule has 0 spiro atoms. The molecule has 1 aromatic rings. The van der Waals surface area contributed by atoms with Crippen molar-refractivity contribution in [3.63, 3.8) is 0 Å². The Kier molecular flexibility index (Phi) is 5.35. The maximum absolute atomic E-state index is 5.75. The van der Waals surface area contributed by atoms with Gasteiger partial charge in [-0.1, -0.05) is 0 Å². The van der Waals surface area contributed by atoms with E-state index in [-0.39, 0.29) is 0 Å². The summed E-state index contributed by atoms with van der Waals surface area (Å²) in [5, 5.41) is 3.26. The molecule has 1 fully saturated rings. The molecule has 1 atom stereocenters. The summed E-state index contributed by atoms with van der Waals surface area (Å²) in [6.45, 7) is 5.84. The molecule has 6 heteroatoms. The minimum atomic E-state index is 0.316. The first kappa shape index (κ1) is 14.0. The van der Waals surface area contributed by atoms with Crippen LogP contribution in [0.25, 0.3) is 0 Å². The molecule has 0 radical (unpaired) electrons. The molecule has 0 aromatic carbocycles. The fourth-order valence-corrected chi connectivity index (χ4v) is 2.09. The van der Waals surface area contributed by atoms with Crippen molar-refractivity contribution in [3.05, 3.63) is 11.8 Å². The highest BCUT2D eigenvalue weighted by Crippen LogP contribution is 2.25. The smallest absolute Gasteiger partial charge is 0.222 e. The van der Waals surface area contributed by atoms with E-state index in [0.717, 1.165) is 57.3 Å². The molecule has 0 aliphatic carbocycles. The Morgan fingerprint density at radius 3 is 3.16 bits per heavy atom. The average Bonchev–Trinajstić information content (AvgIpc) is 2.92. The number of rotatable bonds is 7. The average molecular weight is 266 g/mol. The molecular formula is C13H22N4O2. The molecule has 1 unspecified atom stereocenters. The van der Waals surface area contributed by atoms with E-state index < -0.39 is 0 Å². The van der Waals surface area contributed by atoms with Crippen molar-refractivity contribution in [2.45, 2.75) is 25.7 Å². The van der Waals surface area contributed by atoms with Crippen molar-refractivity contribution < 1.29 is 9.47 Å². The second kappa shape index (κ2) is 7.25. The fraction of sp³-hybridized carbons (Fsp3) is 0.692. The third-order valence-corrected chi connectivity index (χ3v) is 3.09. The van der Waals surface area contributed by atoms with Crippen LogP contribution in [0.5, 0.6) is 0 Å². The molecule has 0 amide bonds. The van der Waals surface area contributed by atoms with Crippen molar-refractivity contribution in [1.29, 1.82) is 0 Å². The van der Waals surface area contributed by atoms with Gasteiger partial charge in [0.1, 0.15) is 5.82 Å². The Balaban J connectivity index is 1.89. The Labute approximate surface area is 113 Å². The van der Waals surface area contributed by atoms with Crippen LogP contribution in [0.2, 0.25) is 0 Å². The molecule has 1 aromatic heterocycles. The van der Waals surface area contributed by atoms with Crippen molar-refractivity contribution >= 4 is 11.8 Å². The van der Waals surface area contributed by atoms with Crippen LogP contribution in [0.3, 0.4) is 0 Å². The van der Waals surface area contributed by atoms with Gasteiger partial charge in [-0.3, -0.25) is 0 Å². The number of aromatic nitrogens is 2. The number of nitrogen functional groups attached to an aromatic ring is 1. The van der Waals surface area contributed by atoms with Gasteiger partial charge in [0.15, 0.2) is 0 Å². The molecule has 1 aliphatic heterocycles. The number of nitrogens with zero attached hydrogens (tertiary/aromatic N) is 2. The zero-order valence-electron chi connectivity index (χ0n) is 11.4. The predicted octanol–water partition coefficient (Wildman–Crippen LogP) is 1.40. The van der Waals surface area contributed by atoms with Crippen LogP contribution in [0.1, 0.15) is 31.4 Å². The lowest BCUT2D eigenvalue weighted by Crippen LogP contribution is -2.11. The number of anilines is 2. The van der Waals surface area contributed by atoms with Crippen LogP contribution in [0.15, 0.2) is 6.07 Å². The molecule has 6 nitrogen and oxygen atoms in total. The summed E-state index contributed by atoms with van der Waals surface area (Å²) < 4.78 is 10.7. The van der Waals surface area contributed by atoms with E-state index in [9.17, 15) is 0 Å². The van der Waals surface area contributed by atoms with Gasteiger partial charge in [0.25, 0.3) is 0 Å². The Bertz CT molecular complexity index is 394. The standard InChI is InChI=1S/C13H22N4O2/c1-2-18-6-3-5-15-12-8-11(16-13(14)17-12)10-4-7-19-9-10/h8,10H,2-7,9H2,1H3,(H3,14,15,16,17). The summed E-state index contributed by atoms with van der Waals surface area (Å²) >= 11 is 0. The van der Waals surface area contributed by atoms with E-state index in [0.29, 0.717) is 11.9 Å². The summed E-state index contributed by atoms with van der Waals surface area (Å²) in [6.07, 6.45) is 1.94. The fourth-order valence-electron chi connectivity index (χ4n) is 2.09. The van der Waals surface area contributed by atoms with Crippen molar-refractivity contribution in [1.82, 2.24) is 9.97 Å². The van der Waals surface area contributed by atoms with Crippen LogP contribution in [0, 0.1) is 0 Å². The minimum Gasteiger partial charge on any atom is -0.382 e. The maximum Gasteiger partial charge on any atom is 0.222 e. The van der Waals surface area contributed by atoms with Crippen molar-refractivity contribution in [3.8, 4) is 0 Å². The van der Waals surface area contributed by atoms with Gasteiger partial charge in [0.2, 0.25) is 5.95 Å². The Morgan fingerprint density at radius 1 is 1.53 bits per heavy atom. The van der Waals surface area contributed by atoms with Gasteiger partial charge in [0, 0.05) is 38.3 Å². The lowest BCUT2D eigenvalue weighted by molar-refractivity contribution is 0.147. The van der Waals surface area contributed by atoms with Gasteiger partial charge >= 0.3 is 0 Å². The highest BCUT2D eigenvalue weighted by molar-refractivity contribution is 5.41. The molecule has 2 rings (SSSR count). The molecule has 0 bridgehead atoms. The molecule has 106 valence electrons. The Morgan fingerprint density at radius 2 is 2.42 bits per heavy atom. The molecule has 1 saturated heterocycles. The van der Waals surface area contributed by atoms with E-state index in [2.05, 4.69) is 15.3 Å². The van der Waals surface area contributed by atoms with Gasteiger partial charge in [-0.25, -0.2) is 4.98 Å². The maximum atomic E-state index is 5.75. The van der Waals surface area contributed by atoms with Crippen LogP contribution in [0.4, 0.5) is 11.8 Å². The monoisotopic (exact) mass is 266 g/mol. The summed E-state index contributed by atoms with van der Waals surface area (Å²) in [6, 6.07) is 1.97. The number of hydrogen-bond donors (Lipinski definition) is 2.